The van der Waals surface area contributed by atoms with E-state index in [4.69, 9.17) is 0 Å². The van der Waals surface area contributed by atoms with Gasteiger partial charge in [-0.15, -0.1) is 0 Å². The first-order valence-electron chi connectivity index (χ1n) is 6.60. The summed E-state index contributed by atoms with van der Waals surface area (Å²) in [5, 5.41) is 3.32. The van der Waals surface area contributed by atoms with Crippen LogP contribution in [0, 0.1) is 12.8 Å². The monoisotopic (exact) mass is 250 g/mol. The SMILES string of the molecule is CNC(C)C1CCN(c2cc(=O)[nH]c(C)n2)CC1. The standard InChI is InChI=1S/C13H22N4O/c1-9(14-3)11-4-6-17(7-5-11)12-8-13(18)16-10(2)15-12/h8-9,11,14H,4-7H2,1-3H3,(H,15,16,18). The molecule has 2 N–H and O–H groups in total. The van der Waals surface area contributed by atoms with Crippen molar-refractivity contribution in [1.29, 1.82) is 0 Å². The molecule has 0 saturated carbocycles. The van der Waals surface area contributed by atoms with Crippen LogP contribution in [0.4, 0.5) is 5.82 Å². The van der Waals surface area contributed by atoms with E-state index in [0.29, 0.717) is 17.8 Å². The fourth-order valence-electron chi connectivity index (χ4n) is 2.59. The second-order valence-electron chi connectivity index (χ2n) is 5.09. The second kappa shape index (κ2) is 5.52. The lowest BCUT2D eigenvalue weighted by molar-refractivity contribution is 0.323. The number of aryl methyl sites for hydroxylation is 1. The molecule has 1 aliphatic rings. The highest BCUT2D eigenvalue weighted by molar-refractivity contribution is 5.37. The molecule has 100 valence electrons. The molecule has 0 aliphatic carbocycles. The fraction of sp³-hybridized carbons (Fsp3) is 0.692. The van der Waals surface area contributed by atoms with E-state index in [2.05, 4.69) is 27.1 Å². The topological polar surface area (TPSA) is 61.0 Å². The predicted molar refractivity (Wildman–Crippen MR) is 73.1 cm³/mol. The van der Waals surface area contributed by atoms with Gasteiger partial charge >= 0.3 is 0 Å². The number of aromatic amines is 1. The van der Waals surface area contributed by atoms with Gasteiger partial charge in [-0.3, -0.25) is 4.79 Å². The zero-order valence-electron chi connectivity index (χ0n) is 11.4. The maximum atomic E-state index is 11.4. The van der Waals surface area contributed by atoms with Gasteiger partial charge in [-0.25, -0.2) is 4.98 Å². The summed E-state index contributed by atoms with van der Waals surface area (Å²) in [4.78, 5) is 20.7. The molecule has 0 spiro atoms. The molecule has 1 unspecified atom stereocenters. The molecule has 1 aliphatic heterocycles. The highest BCUT2D eigenvalue weighted by Crippen LogP contribution is 2.23. The molecule has 0 amide bonds. The Morgan fingerprint density at radius 2 is 2.17 bits per heavy atom. The van der Waals surface area contributed by atoms with E-state index in [1.54, 1.807) is 6.07 Å². The first-order valence-corrected chi connectivity index (χ1v) is 6.60. The number of nitrogens with zero attached hydrogens (tertiary/aromatic N) is 2. The molecular formula is C13H22N4O. The Labute approximate surface area is 108 Å². The van der Waals surface area contributed by atoms with Crippen LogP contribution in [-0.4, -0.2) is 36.1 Å². The van der Waals surface area contributed by atoms with Crippen molar-refractivity contribution in [2.45, 2.75) is 32.7 Å². The van der Waals surface area contributed by atoms with Gasteiger partial charge in [0.15, 0.2) is 0 Å². The third-order valence-electron chi connectivity index (χ3n) is 3.87. The van der Waals surface area contributed by atoms with Gasteiger partial charge in [0, 0.05) is 25.2 Å². The van der Waals surface area contributed by atoms with Gasteiger partial charge in [0.1, 0.15) is 11.6 Å². The van der Waals surface area contributed by atoms with Gasteiger partial charge in [-0.2, -0.15) is 0 Å². The molecule has 0 bridgehead atoms. The molecule has 2 heterocycles. The molecule has 5 nitrogen and oxygen atoms in total. The smallest absolute Gasteiger partial charge is 0.252 e. The van der Waals surface area contributed by atoms with E-state index in [9.17, 15) is 4.79 Å². The van der Waals surface area contributed by atoms with Crippen LogP contribution < -0.4 is 15.8 Å². The van der Waals surface area contributed by atoms with E-state index in [1.165, 1.54) is 0 Å². The highest BCUT2D eigenvalue weighted by Gasteiger charge is 2.23. The summed E-state index contributed by atoms with van der Waals surface area (Å²) < 4.78 is 0. The van der Waals surface area contributed by atoms with E-state index < -0.39 is 0 Å². The zero-order chi connectivity index (χ0) is 13.1. The molecular weight excluding hydrogens is 228 g/mol. The number of piperidine rings is 1. The summed E-state index contributed by atoms with van der Waals surface area (Å²) in [5.41, 5.74) is -0.0665. The van der Waals surface area contributed by atoms with Gasteiger partial charge < -0.3 is 15.2 Å². The number of rotatable bonds is 3. The Morgan fingerprint density at radius 1 is 1.50 bits per heavy atom. The van der Waals surface area contributed by atoms with Crippen molar-refractivity contribution in [3.63, 3.8) is 0 Å². The number of aromatic nitrogens is 2. The molecule has 0 radical (unpaired) electrons. The van der Waals surface area contributed by atoms with Gasteiger partial charge in [0.25, 0.3) is 5.56 Å². The fourth-order valence-corrected chi connectivity index (χ4v) is 2.59. The molecule has 5 heteroatoms. The lowest BCUT2D eigenvalue weighted by Gasteiger charge is -2.35. The van der Waals surface area contributed by atoms with Crippen molar-refractivity contribution >= 4 is 5.82 Å². The summed E-state index contributed by atoms with van der Waals surface area (Å²) >= 11 is 0. The van der Waals surface area contributed by atoms with Gasteiger partial charge in [-0.1, -0.05) is 0 Å². The normalized spacial score (nSPS) is 18.9. The first kappa shape index (κ1) is 13.1. The Hall–Kier alpha value is -1.36. The highest BCUT2D eigenvalue weighted by atomic mass is 16.1. The Morgan fingerprint density at radius 3 is 2.72 bits per heavy atom. The molecule has 1 aromatic rings. The second-order valence-corrected chi connectivity index (χ2v) is 5.09. The van der Waals surface area contributed by atoms with Crippen LogP contribution in [0.25, 0.3) is 0 Å². The average molecular weight is 250 g/mol. The lowest BCUT2D eigenvalue weighted by Crippen LogP contribution is -2.41. The van der Waals surface area contributed by atoms with Crippen LogP contribution in [0.2, 0.25) is 0 Å². The average Bonchev–Trinajstić information content (AvgIpc) is 2.37. The quantitative estimate of drug-likeness (QED) is 0.837. The van der Waals surface area contributed by atoms with E-state index in [0.717, 1.165) is 31.7 Å². The molecule has 1 atom stereocenters. The van der Waals surface area contributed by atoms with Crippen LogP contribution in [0.5, 0.6) is 0 Å². The summed E-state index contributed by atoms with van der Waals surface area (Å²) in [7, 11) is 2.01. The lowest BCUT2D eigenvalue weighted by atomic mass is 9.90. The van der Waals surface area contributed by atoms with E-state index in [1.807, 2.05) is 14.0 Å². The Kier molecular flexibility index (Phi) is 4.01. The number of anilines is 1. The first-order chi connectivity index (χ1) is 8.60. The van der Waals surface area contributed by atoms with Crippen molar-refractivity contribution in [1.82, 2.24) is 15.3 Å². The largest absolute Gasteiger partial charge is 0.356 e. The van der Waals surface area contributed by atoms with E-state index in [-0.39, 0.29) is 5.56 Å². The van der Waals surface area contributed by atoms with Crippen LogP contribution >= 0.6 is 0 Å². The number of nitrogens with one attached hydrogen (secondary N) is 2. The van der Waals surface area contributed by atoms with Crippen molar-refractivity contribution in [3.8, 4) is 0 Å². The maximum Gasteiger partial charge on any atom is 0.252 e. The molecule has 1 fully saturated rings. The van der Waals surface area contributed by atoms with Crippen molar-refractivity contribution < 1.29 is 0 Å². The van der Waals surface area contributed by atoms with Gasteiger partial charge in [-0.05, 0) is 39.7 Å². The minimum Gasteiger partial charge on any atom is -0.356 e. The Bertz CT molecular complexity index is 449. The van der Waals surface area contributed by atoms with Crippen molar-refractivity contribution in [2.75, 3.05) is 25.0 Å². The van der Waals surface area contributed by atoms with Gasteiger partial charge in [0.2, 0.25) is 0 Å². The van der Waals surface area contributed by atoms with Crippen LogP contribution in [0.15, 0.2) is 10.9 Å². The maximum absolute atomic E-state index is 11.4. The molecule has 0 aromatic carbocycles. The Balaban J connectivity index is 2.03. The summed E-state index contributed by atoms with van der Waals surface area (Å²) in [6.45, 7) is 6.01. The van der Waals surface area contributed by atoms with Crippen LogP contribution in [0.3, 0.4) is 0 Å². The summed E-state index contributed by atoms with van der Waals surface area (Å²) in [5.74, 6) is 2.21. The van der Waals surface area contributed by atoms with Crippen molar-refractivity contribution in [2.24, 2.45) is 5.92 Å². The minimum atomic E-state index is -0.0665. The van der Waals surface area contributed by atoms with Crippen LogP contribution in [0.1, 0.15) is 25.6 Å². The molecule has 1 aromatic heterocycles. The molecule has 1 saturated heterocycles. The minimum absolute atomic E-state index is 0.0665. The number of hydrogen-bond acceptors (Lipinski definition) is 4. The van der Waals surface area contributed by atoms with Crippen LogP contribution in [-0.2, 0) is 0 Å². The number of hydrogen-bond donors (Lipinski definition) is 2. The summed E-state index contributed by atoms with van der Waals surface area (Å²) in [6, 6.07) is 2.15. The third kappa shape index (κ3) is 2.90. The third-order valence-corrected chi connectivity index (χ3v) is 3.87. The number of H-pyrrole nitrogens is 1. The van der Waals surface area contributed by atoms with Crippen molar-refractivity contribution in [3.05, 3.63) is 22.2 Å². The zero-order valence-corrected chi connectivity index (χ0v) is 11.4. The van der Waals surface area contributed by atoms with Gasteiger partial charge in [0.05, 0.1) is 0 Å². The summed E-state index contributed by atoms with van der Waals surface area (Å²) in [6.07, 6.45) is 2.30. The van der Waals surface area contributed by atoms with E-state index >= 15 is 0 Å². The molecule has 2 rings (SSSR count). The predicted octanol–water partition coefficient (Wildman–Crippen LogP) is 0.903. The molecule has 18 heavy (non-hydrogen) atoms.